The van der Waals surface area contributed by atoms with E-state index in [1.807, 2.05) is 18.2 Å². The van der Waals surface area contributed by atoms with Gasteiger partial charge in [0.15, 0.2) is 11.5 Å². The van der Waals surface area contributed by atoms with Crippen molar-refractivity contribution in [1.82, 2.24) is 0 Å². The minimum Gasteiger partial charge on any atom is -0.493 e. The van der Waals surface area contributed by atoms with Gasteiger partial charge in [0.2, 0.25) is 0 Å². The predicted octanol–water partition coefficient (Wildman–Crippen LogP) is 1.94. The first kappa shape index (κ1) is 10.3. The van der Waals surface area contributed by atoms with Gasteiger partial charge in [-0.05, 0) is 24.8 Å². The van der Waals surface area contributed by atoms with Crippen LogP contribution in [-0.4, -0.2) is 13.7 Å². The lowest BCUT2D eigenvalue weighted by Gasteiger charge is -2.13. The van der Waals surface area contributed by atoms with Crippen LogP contribution < -0.4 is 15.2 Å². The van der Waals surface area contributed by atoms with Crippen LogP contribution in [0.25, 0.3) is 0 Å². The topological polar surface area (TPSA) is 44.5 Å². The highest BCUT2D eigenvalue weighted by Crippen LogP contribution is 2.34. The largest absolute Gasteiger partial charge is 0.493 e. The Labute approximate surface area is 90.2 Å². The van der Waals surface area contributed by atoms with Crippen molar-refractivity contribution >= 4 is 0 Å². The van der Waals surface area contributed by atoms with Gasteiger partial charge in [-0.2, -0.15) is 0 Å². The average molecular weight is 207 g/mol. The van der Waals surface area contributed by atoms with Gasteiger partial charge in [0, 0.05) is 12.1 Å². The zero-order chi connectivity index (χ0) is 10.7. The fourth-order valence-electron chi connectivity index (χ4n) is 1.53. The lowest BCUT2D eigenvalue weighted by molar-refractivity contribution is 0.277. The average Bonchev–Trinajstić information content (AvgIpc) is 3.09. The van der Waals surface area contributed by atoms with Crippen molar-refractivity contribution in [2.75, 3.05) is 13.7 Å². The maximum Gasteiger partial charge on any atom is 0.165 e. The van der Waals surface area contributed by atoms with Crippen LogP contribution in [0.15, 0.2) is 18.2 Å². The second kappa shape index (κ2) is 4.53. The van der Waals surface area contributed by atoms with E-state index in [0.717, 1.165) is 29.6 Å². The van der Waals surface area contributed by atoms with Crippen molar-refractivity contribution in [2.45, 2.75) is 19.4 Å². The molecule has 0 radical (unpaired) electrons. The van der Waals surface area contributed by atoms with Crippen molar-refractivity contribution in [3.8, 4) is 11.5 Å². The van der Waals surface area contributed by atoms with E-state index in [1.54, 1.807) is 7.11 Å². The van der Waals surface area contributed by atoms with Crippen LogP contribution in [-0.2, 0) is 6.54 Å². The maximum absolute atomic E-state index is 5.77. The highest BCUT2D eigenvalue weighted by atomic mass is 16.5. The van der Waals surface area contributed by atoms with Crippen molar-refractivity contribution in [3.63, 3.8) is 0 Å². The summed E-state index contributed by atoms with van der Waals surface area (Å²) in [6, 6.07) is 5.82. The zero-order valence-electron chi connectivity index (χ0n) is 9.03. The zero-order valence-corrected chi connectivity index (χ0v) is 9.03. The first-order valence-electron chi connectivity index (χ1n) is 5.34. The Morgan fingerprint density at radius 2 is 2.20 bits per heavy atom. The molecule has 1 fully saturated rings. The van der Waals surface area contributed by atoms with Gasteiger partial charge in [0.25, 0.3) is 0 Å². The summed E-state index contributed by atoms with van der Waals surface area (Å²) in [6.07, 6.45) is 2.57. The van der Waals surface area contributed by atoms with Crippen LogP contribution in [0.1, 0.15) is 18.4 Å². The van der Waals surface area contributed by atoms with Gasteiger partial charge < -0.3 is 15.2 Å². The molecule has 0 aromatic heterocycles. The lowest BCUT2D eigenvalue weighted by Crippen LogP contribution is -2.06. The van der Waals surface area contributed by atoms with E-state index in [9.17, 15) is 0 Å². The molecule has 2 N–H and O–H groups in total. The van der Waals surface area contributed by atoms with Crippen LogP contribution in [0.5, 0.6) is 11.5 Å². The minimum atomic E-state index is 0.483. The molecular weight excluding hydrogens is 190 g/mol. The quantitative estimate of drug-likeness (QED) is 0.802. The number of nitrogens with two attached hydrogens (primary N) is 1. The number of para-hydroxylation sites is 1. The van der Waals surface area contributed by atoms with Crippen molar-refractivity contribution < 1.29 is 9.47 Å². The van der Waals surface area contributed by atoms with E-state index in [0.29, 0.717) is 6.54 Å². The number of hydrogen-bond donors (Lipinski definition) is 1. The normalized spacial score (nSPS) is 15.1. The molecule has 1 saturated carbocycles. The van der Waals surface area contributed by atoms with Gasteiger partial charge in [-0.3, -0.25) is 0 Å². The first-order chi connectivity index (χ1) is 7.35. The molecule has 0 heterocycles. The van der Waals surface area contributed by atoms with Crippen LogP contribution in [0.4, 0.5) is 0 Å². The number of ether oxygens (including phenoxy) is 2. The van der Waals surface area contributed by atoms with Gasteiger partial charge in [-0.25, -0.2) is 0 Å². The molecule has 0 saturated heterocycles. The van der Waals surface area contributed by atoms with Crippen LogP contribution in [0, 0.1) is 5.92 Å². The third-order valence-corrected chi connectivity index (χ3v) is 2.66. The molecule has 3 nitrogen and oxygen atoms in total. The molecular formula is C12H17NO2. The summed E-state index contributed by atoms with van der Waals surface area (Å²) < 4.78 is 11.0. The molecule has 1 aromatic carbocycles. The summed E-state index contributed by atoms with van der Waals surface area (Å²) in [5.74, 6) is 2.33. The van der Waals surface area contributed by atoms with Gasteiger partial charge >= 0.3 is 0 Å². The Bertz CT molecular complexity index is 312. The van der Waals surface area contributed by atoms with Crippen molar-refractivity contribution in [3.05, 3.63) is 23.8 Å². The summed E-state index contributed by atoms with van der Waals surface area (Å²) in [5, 5.41) is 0. The fourth-order valence-corrected chi connectivity index (χ4v) is 1.53. The summed E-state index contributed by atoms with van der Waals surface area (Å²) in [4.78, 5) is 0. The van der Waals surface area contributed by atoms with E-state index >= 15 is 0 Å². The Balaban J connectivity index is 2.15. The van der Waals surface area contributed by atoms with Crippen LogP contribution >= 0.6 is 0 Å². The molecule has 1 aliphatic rings. The van der Waals surface area contributed by atoms with Gasteiger partial charge in [-0.15, -0.1) is 0 Å². The van der Waals surface area contributed by atoms with E-state index in [2.05, 4.69) is 0 Å². The summed E-state index contributed by atoms with van der Waals surface area (Å²) >= 11 is 0. The Kier molecular flexibility index (Phi) is 3.11. The SMILES string of the molecule is COc1cccc(CN)c1OCC1CC1. The Hall–Kier alpha value is -1.22. The van der Waals surface area contributed by atoms with Crippen molar-refractivity contribution in [2.24, 2.45) is 11.7 Å². The summed E-state index contributed by atoms with van der Waals surface area (Å²) in [7, 11) is 1.65. The van der Waals surface area contributed by atoms with E-state index < -0.39 is 0 Å². The molecule has 0 bridgehead atoms. The highest BCUT2D eigenvalue weighted by Gasteiger charge is 2.23. The van der Waals surface area contributed by atoms with Gasteiger partial charge in [0.05, 0.1) is 13.7 Å². The molecule has 2 rings (SSSR count). The number of methoxy groups -OCH3 is 1. The molecule has 0 unspecified atom stereocenters. The standard InChI is InChI=1S/C12H17NO2/c1-14-11-4-2-3-10(7-13)12(11)15-8-9-5-6-9/h2-4,9H,5-8,13H2,1H3. The number of rotatable bonds is 5. The molecule has 0 atom stereocenters. The second-order valence-electron chi connectivity index (χ2n) is 3.91. The highest BCUT2D eigenvalue weighted by molar-refractivity contribution is 5.46. The molecule has 1 aromatic rings. The Morgan fingerprint density at radius 1 is 1.40 bits per heavy atom. The molecule has 15 heavy (non-hydrogen) atoms. The third-order valence-electron chi connectivity index (χ3n) is 2.66. The van der Waals surface area contributed by atoms with E-state index in [1.165, 1.54) is 12.8 Å². The number of hydrogen-bond acceptors (Lipinski definition) is 3. The van der Waals surface area contributed by atoms with Gasteiger partial charge in [0.1, 0.15) is 0 Å². The monoisotopic (exact) mass is 207 g/mol. The van der Waals surface area contributed by atoms with E-state index in [4.69, 9.17) is 15.2 Å². The van der Waals surface area contributed by atoms with Crippen LogP contribution in [0.2, 0.25) is 0 Å². The number of benzene rings is 1. The summed E-state index contributed by atoms with van der Waals surface area (Å²) in [6.45, 7) is 1.27. The predicted molar refractivity (Wildman–Crippen MR) is 59.1 cm³/mol. The molecule has 3 heteroatoms. The smallest absolute Gasteiger partial charge is 0.165 e. The first-order valence-corrected chi connectivity index (χ1v) is 5.34. The van der Waals surface area contributed by atoms with Gasteiger partial charge in [-0.1, -0.05) is 12.1 Å². The molecule has 0 spiro atoms. The molecule has 0 aliphatic heterocycles. The third kappa shape index (κ3) is 2.42. The maximum atomic E-state index is 5.77. The molecule has 1 aliphatic carbocycles. The Morgan fingerprint density at radius 3 is 2.80 bits per heavy atom. The lowest BCUT2D eigenvalue weighted by atomic mass is 10.2. The van der Waals surface area contributed by atoms with Crippen molar-refractivity contribution in [1.29, 1.82) is 0 Å². The molecule has 0 amide bonds. The summed E-state index contributed by atoms with van der Waals surface area (Å²) in [5.41, 5.74) is 6.67. The second-order valence-corrected chi connectivity index (χ2v) is 3.91. The minimum absolute atomic E-state index is 0.483. The molecule has 82 valence electrons. The van der Waals surface area contributed by atoms with E-state index in [-0.39, 0.29) is 0 Å². The fraction of sp³-hybridized carbons (Fsp3) is 0.500. The van der Waals surface area contributed by atoms with Crippen LogP contribution in [0.3, 0.4) is 0 Å².